The molecule has 5 nitrogen and oxygen atoms in total. The quantitative estimate of drug-likeness (QED) is 0.795. The van der Waals surface area contributed by atoms with Gasteiger partial charge in [-0.3, -0.25) is 4.79 Å². The normalized spacial score (nSPS) is 14.2. The first-order valence-corrected chi connectivity index (χ1v) is 8.21. The van der Waals surface area contributed by atoms with Crippen LogP contribution in [-0.4, -0.2) is 20.7 Å². The van der Waals surface area contributed by atoms with Crippen LogP contribution in [0.3, 0.4) is 0 Å². The Balaban J connectivity index is 1.75. The van der Waals surface area contributed by atoms with Crippen LogP contribution in [0.15, 0.2) is 29.4 Å². The number of benzene rings is 1. The number of nitrogens with zero attached hydrogens (tertiary/aromatic N) is 3. The van der Waals surface area contributed by atoms with E-state index >= 15 is 0 Å². The molecule has 2 aromatic rings. The highest BCUT2D eigenvalue weighted by Crippen LogP contribution is 2.40. The average molecular weight is 320 g/mol. The summed E-state index contributed by atoms with van der Waals surface area (Å²) < 4.78 is 15.6. The van der Waals surface area contributed by atoms with E-state index < -0.39 is 0 Å². The van der Waals surface area contributed by atoms with E-state index in [-0.39, 0.29) is 18.1 Å². The van der Waals surface area contributed by atoms with Crippen LogP contribution in [0.4, 0.5) is 4.39 Å². The Bertz CT molecular complexity index is 684. The van der Waals surface area contributed by atoms with Crippen LogP contribution >= 0.6 is 11.8 Å². The Kier molecular flexibility index (Phi) is 4.42. The maximum absolute atomic E-state index is 13.7. The van der Waals surface area contributed by atoms with Gasteiger partial charge in [-0.05, 0) is 24.5 Å². The number of hydrogen-bond acceptors (Lipinski definition) is 4. The fourth-order valence-corrected chi connectivity index (χ4v) is 3.20. The second-order valence-electron chi connectivity index (χ2n) is 5.36. The van der Waals surface area contributed by atoms with Gasteiger partial charge in [0.05, 0.1) is 0 Å². The molecule has 0 saturated heterocycles. The lowest BCUT2D eigenvalue weighted by Gasteiger charge is -2.08. The zero-order valence-electron chi connectivity index (χ0n) is 12.0. The third-order valence-corrected chi connectivity index (χ3v) is 4.60. The minimum absolute atomic E-state index is 0.222. The molecule has 0 radical (unpaired) electrons. The molecule has 3 rings (SSSR count). The van der Waals surface area contributed by atoms with Crippen LogP contribution in [0.25, 0.3) is 0 Å². The van der Waals surface area contributed by atoms with Crippen molar-refractivity contribution < 1.29 is 9.18 Å². The minimum atomic E-state index is -0.347. The van der Waals surface area contributed by atoms with Crippen LogP contribution in [0, 0.1) is 5.82 Å². The van der Waals surface area contributed by atoms with E-state index in [4.69, 9.17) is 5.73 Å². The fourth-order valence-electron chi connectivity index (χ4n) is 2.24. The van der Waals surface area contributed by atoms with Crippen molar-refractivity contribution in [1.29, 1.82) is 0 Å². The Morgan fingerprint density at radius 1 is 1.36 bits per heavy atom. The highest BCUT2D eigenvalue weighted by Gasteiger charge is 2.30. The molecule has 0 spiro atoms. The van der Waals surface area contributed by atoms with Crippen molar-refractivity contribution in [2.24, 2.45) is 5.73 Å². The number of rotatable bonds is 7. The summed E-state index contributed by atoms with van der Waals surface area (Å²) in [6.45, 7) is 0.480. The van der Waals surface area contributed by atoms with Crippen molar-refractivity contribution in [3.8, 4) is 0 Å². The van der Waals surface area contributed by atoms with Crippen LogP contribution in [0.2, 0.25) is 0 Å². The lowest BCUT2D eigenvalue weighted by Crippen LogP contribution is -2.15. The number of amides is 1. The predicted molar refractivity (Wildman–Crippen MR) is 81.8 cm³/mol. The van der Waals surface area contributed by atoms with Gasteiger partial charge in [0, 0.05) is 24.6 Å². The number of nitrogens with two attached hydrogens (primary N) is 1. The van der Waals surface area contributed by atoms with Gasteiger partial charge >= 0.3 is 0 Å². The Morgan fingerprint density at radius 2 is 2.14 bits per heavy atom. The van der Waals surface area contributed by atoms with E-state index in [9.17, 15) is 9.18 Å². The molecular weight excluding hydrogens is 303 g/mol. The third kappa shape index (κ3) is 3.47. The van der Waals surface area contributed by atoms with Gasteiger partial charge in [0.2, 0.25) is 5.91 Å². The van der Waals surface area contributed by atoms with Crippen molar-refractivity contribution in [2.45, 2.75) is 42.6 Å². The zero-order chi connectivity index (χ0) is 15.5. The molecule has 0 aliphatic heterocycles. The molecule has 1 fully saturated rings. The second kappa shape index (κ2) is 6.48. The lowest BCUT2D eigenvalue weighted by atomic mass is 10.2. The van der Waals surface area contributed by atoms with Crippen molar-refractivity contribution in [3.63, 3.8) is 0 Å². The lowest BCUT2D eigenvalue weighted by molar-refractivity contribution is -0.118. The van der Waals surface area contributed by atoms with E-state index in [2.05, 4.69) is 10.2 Å². The standard InChI is InChI=1S/C15H17FN4OS/c16-12-4-2-1-3-11(12)9-22-15-19-18-14(10-5-6-10)20(15)8-7-13(17)21/h1-4,10H,5-9H2,(H2,17,21). The maximum atomic E-state index is 13.7. The summed E-state index contributed by atoms with van der Waals surface area (Å²) >= 11 is 1.43. The van der Waals surface area contributed by atoms with Gasteiger partial charge in [-0.25, -0.2) is 4.39 Å². The van der Waals surface area contributed by atoms with Crippen LogP contribution in [0.5, 0.6) is 0 Å². The van der Waals surface area contributed by atoms with E-state index in [1.54, 1.807) is 12.1 Å². The number of carbonyl (C=O) groups excluding carboxylic acids is 1. The summed E-state index contributed by atoms with van der Waals surface area (Å²) in [5.41, 5.74) is 5.87. The first kappa shape index (κ1) is 15.0. The average Bonchev–Trinajstić information content (AvgIpc) is 3.25. The Morgan fingerprint density at radius 3 is 2.82 bits per heavy atom. The first-order valence-electron chi connectivity index (χ1n) is 7.22. The van der Waals surface area contributed by atoms with Crippen molar-refractivity contribution in [3.05, 3.63) is 41.5 Å². The van der Waals surface area contributed by atoms with Gasteiger partial charge in [0.15, 0.2) is 5.16 Å². The van der Waals surface area contributed by atoms with Crippen LogP contribution in [0.1, 0.15) is 36.6 Å². The third-order valence-electron chi connectivity index (χ3n) is 3.58. The molecule has 1 amide bonds. The molecule has 0 unspecified atom stereocenters. The minimum Gasteiger partial charge on any atom is -0.370 e. The fraction of sp³-hybridized carbons (Fsp3) is 0.400. The van der Waals surface area contributed by atoms with Crippen molar-refractivity contribution in [1.82, 2.24) is 14.8 Å². The monoisotopic (exact) mass is 320 g/mol. The van der Waals surface area contributed by atoms with Crippen LogP contribution in [-0.2, 0) is 17.1 Å². The molecule has 1 aromatic carbocycles. The van der Waals surface area contributed by atoms with Gasteiger partial charge < -0.3 is 10.3 Å². The number of carbonyl (C=O) groups is 1. The van der Waals surface area contributed by atoms with Gasteiger partial charge in [-0.1, -0.05) is 30.0 Å². The second-order valence-corrected chi connectivity index (χ2v) is 6.31. The molecule has 7 heteroatoms. The molecule has 1 aromatic heterocycles. The predicted octanol–water partition coefficient (Wildman–Crippen LogP) is 2.46. The number of primary amides is 1. The number of aromatic nitrogens is 3. The molecule has 0 bridgehead atoms. The topological polar surface area (TPSA) is 73.8 Å². The summed E-state index contributed by atoms with van der Waals surface area (Å²) in [4.78, 5) is 11.0. The molecule has 1 aliphatic carbocycles. The van der Waals surface area contributed by atoms with E-state index in [1.165, 1.54) is 17.8 Å². The molecule has 0 atom stereocenters. The van der Waals surface area contributed by atoms with Crippen molar-refractivity contribution in [2.75, 3.05) is 0 Å². The summed E-state index contributed by atoms with van der Waals surface area (Å²) in [6, 6.07) is 6.69. The molecular formula is C15H17FN4OS. The van der Waals surface area contributed by atoms with Crippen molar-refractivity contribution >= 4 is 17.7 Å². The molecule has 2 N–H and O–H groups in total. The molecule has 1 aliphatic rings. The van der Waals surface area contributed by atoms with E-state index in [0.717, 1.165) is 18.7 Å². The SMILES string of the molecule is NC(=O)CCn1c(SCc2ccccc2F)nnc1C1CC1. The first-order chi connectivity index (χ1) is 10.6. The van der Waals surface area contributed by atoms with Gasteiger partial charge in [-0.15, -0.1) is 10.2 Å². The Hall–Kier alpha value is -1.89. The highest BCUT2D eigenvalue weighted by molar-refractivity contribution is 7.98. The number of thioether (sulfide) groups is 1. The zero-order valence-corrected chi connectivity index (χ0v) is 12.9. The summed E-state index contributed by atoms with van der Waals surface area (Å²) in [5, 5.41) is 9.15. The summed E-state index contributed by atoms with van der Waals surface area (Å²) in [6.07, 6.45) is 2.46. The van der Waals surface area contributed by atoms with Gasteiger partial charge in [0.25, 0.3) is 0 Å². The summed E-state index contributed by atoms with van der Waals surface area (Å²) in [5.74, 6) is 1.26. The Labute approximate surface area is 132 Å². The smallest absolute Gasteiger partial charge is 0.219 e. The largest absolute Gasteiger partial charge is 0.370 e. The summed E-state index contributed by atoms with van der Waals surface area (Å²) in [7, 11) is 0. The van der Waals surface area contributed by atoms with Crippen LogP contribution < -0.4 is 5.73 Å². The van der Waals surface area contributed by atoms with Gasteiger partial charge in [0.1, 0.15) is 11.6 Å². The van der Waals surface area contributed by atoms with E-state index in [0.29, 0.717) is 28.9 Å². The molecule has 22 heavy (non-hydrogen) atoms. The molecule has 116 valence electrons. The number of halogens is 1. The number of hydrogen-bond donors (Lipinski definition) is 1. The maximum Gasteiger partial charge on any atom is 0.219 e. The van der Waals surface area contributed by atoms with Gasteiger partial charge in [-0.2, -0.15) is 0 Å². The molecule has 1 saturated carbocycles. The molecule has 1 heterocycles. The highest BCUT2D eigenvalue weighted by atomic mass is 32.2. The van der Waals surface area contributed by atoms with E-state index in [1.807, 2.05) is 10.6 Å².